The van der Waals surface area contributed by atoms with Crippen LogP contribution in [0.5, 0.6) is 11.5 Å². The van der Waals surface area contributed by atoms with E-state index in [4.69, 9.17) is 9.47 Å². The first kappa shape index (κ1) is 21.9. The molecule has 1 aliphatic carbocycles. The molecule has 1 unspecified atom stereocenters. The van der Waals surface area contributed by atoms with Crippen molar-refractivity contribution in [2.45, 2.75) is 37.8 Å². The molecule has 1 heterocycles. The lowest BCUT2D eigenvalue weighted by Gasteiger charge is -2.38. The summed E-state index contributed by atoms with van der Waals surface area (Å²) < 4.78 is 50.6. The van der Waals surface area contributed by atoms with Crippen LogP contribution in [0.15, 0.2) is 53.7 Å². The number of Topliss-reactive ketones (excluding diaryl/α,β-unsaturated/α-hetero) is 1. The van der Waals surface area contributed by atoms with Gasteiger partial charge in [0.2, 0.25) is 5.91 Å². The van der Waals surface area contributed by atoms with E-state index in [9.17, 15) is 22.8 Å². The van der Waals surface area contributed by atoms with Gasteiger partial charge in [0, 0.05) is 41.3 Å². The maximum Gasteiger partial charge on any atom is 0.416 e. The topological polar surface area (TPSA) is 55.8 Å². The molecule has 0 aromatic heterocycles. The number of rotatable bonds is 4. The van der Waals surface area contributed by atoms with Gasteiger partial charge in [-0.3, -0.25) is 14.5 Å². The summed E-state index contributed by atoms with van der Waals surface area (Å²) in [4.78, 5) is 27.6. The van der Waals surface area contributed by atoms with E-state index in [1.165, 1.54) is 31.3 Å². The van der Waals surface area contributed by atoms with E-state index in [1.54, 1.807) is 18.2 Å². The molecule has 1 amide bonds. The largest absolute Gasteiger partial charge is 0.497 e. The van der Waals surface area contributed by atoms with Crippen molar-refractivity contribution in [3.63, 3.8) is 0 Å². The van der Waals surface area contributed by atoms with Gasteiger partial charge in [-0.25, -0.2) is 0 Å². The van der Waals surface area contributed by atoms with Gasteiger partial charge in [-0.2, -0.15) is 13.2 Å². The van der Waals surface area contributed by atoms with E-state index >= 15 is 0 Å². The Kier molecular flexibility index (Phi) is 5.71. The van der Waals surface area contributed by atoms with E-state index in [0.29, 0.717) is 47.6 Å². The molecule has 0 bridgehead atoms. The number of hydrogen-bond donors (Lipinski definition) is 0. The number of benzene rings is 2. The molecule has 8 heteroatoms. The Labute approximate surface area is 183 Å². The number of methoxy groups -OCH3 is 2. The third-order valence-electron chi connectivity index (χ3n) is 5.92. The van der Waals surface area contributed by atoms with Crippen molar-refractivity contribution < 1.29 is 32.2 Å². The molecular weight excluding hydrogens is 423 g/mol. The van der Waals surface area contributed by atoms with Gasteiger partial charge in [-0.1, -0.05) is 6.07 Å². The predicted octanol–water partition coefficient (Wildman–Crippen LogP) is 5.25. The standard InChI is InChI=1S/C24H22F3NO4/c1-31-16-9-10-21(32-2)17(12-16)18-13-22(30)28(19-7-4-8-20(29)23(18)19)15-6-3-5-14(11-15)24(25,26)27/h3,5-6,9-12,18H,4,7-8,13H2,1-2H3. The zero-order valence-corrected chi connectivity index (χ0v) is 17.7. The highest BCUT2D eigenvalue weighted by Crippen LogP contribution is 2.46. The molecule has 0 saturated heterocycles. The first-order valence-corrected chi connectivity index (χ1v) is 10.2. The zero-order valence-electron chi connectivity index (χ0n) is 17.7. The van der Waals surface area contributed by atoms with Crippen molar-refractivity contribution in [2.24, 2.45) is 0 Å². The highest BCUT2D eigenvalue weighted by molar-refractivity contribution is 6.07. The van der Waals surface area contributed by atoms with Crippen LogP contribution in [-0.2, 0) is 15.8 Å². The molecule has 2 aliphatic rings. The number of halogens is 3. The summed E-state index contributed by atoms with van der Waals surface area (Å²) in [6.45, 7) is 0. The lowest BCUT2D eigenvalue weighted by molar-refractivity contribution is -0.137. The van der Waals surface area contributed by atoms with E-state index in [2.05, 4.69) is 0 Å². The van der Waals surface area contributed by atoms with Gasteiger partial charge in [-0.15, -0.1) is 0 Å². The van der Waals surface area contributed by atoms with Crippen LogP contribution < -0.4 is 14.4 Å². The van der Waals surface area contributed by atoms with Crippen molar-refractivity contribution in [3.05, 3.63) is 64.9 Å². The normalized spacial score (nSPS) is 19.2. The smallest absolute Gasteiger partial charge is 0.416 e. The minimum Gasteiger partial charge on any atom is -0.497 e. The number of ketones is 1. The molecule has 0 N–H and O–H groups in total. The number of carbonyl (C=O) groups excluding carboxylic acids is 2. The predicted molar refractivity (Wildman–Crippen MR) is 112 cm³/mol. The summed E-state index contributed by atoms with van der Waals surface area (Å²) >= 11 is 0. The molecule has 0 saturated carbocycles. The fourth-order valence-corrected chi connectivity index (χ4v) is 4.49. The Morgan fingerprint density at radius 3 is 2.47 bits per heavy atom. The Balaban J connectivity index is 1.88. The molecule has 1 atom stereocenters. The van der Waals surface area contributed by atoms with Crippen molar-refractivity contribution in [2.75, 3.05) is 19.1 Å². The Bertz CT molecular complexity index is 1110. The quantitative estimate of drug-likeness (QED) is 0.645. The van der Waals surface area contributed by atoms with Gasteiger partial charge in [-0.05, 0) is 49.2 Å². The highest BCUT2D eigenvalue weighted by atomic mass is 19.4. The molecular formula is C24H22F3NO4. The fourth-order valence-electron chi connectivity index (χ4n) is 4.49. The highest BCUT2D eigenvalue weighted by Gasteiger charge is 2.41. The second kappa shape index (κ2) is 8.33. The average molecular weight is 445 g/mol. The molecule has 0 fully saturated rings. The second-order valence-electron chi connectivity index (χ2n) is 7.78. The number of alkyl halides is 3. The molecule has 0 spiro atoms. The van der Waals surface area contributed by atoms with Crippen LogP contribution in [0.25, 0.3) is 0 Å². The lowest BCUT2D eigenvalue weighted by Crippen LogP contribution is -2.40. The molecule has 32 heavy (non-hydrogen) atoms. The van der Waals surface area contributed by atoms with Crippen molar-refractivity contribution in [1.82, 2.24) is 0 Å². The van der Waals surface area contributed by atoms with Gasteiger partial charge in [0.15, 0.2) is 5.78 Å². The first-order valence-electron chi connectivity index (χ1n) is 10.2. The number of hydrogen-bond acceptors (Lipinski definition) is 4. The van der Waals surface area contributed by atoms with E-state index < -0.39 is 17.7 Å². The zero-order chi connectivity index (χ0) is 23.0. The van der Waals surface area contributed by atoms with Crippen LogP contribution in [0.4, 0.5) is 18.9 Å². The lowest BCUT2D eigenvalue weighted by atomic mass is 9.76. The van der Waals surface area contributed by atoms with Crippen LogP contribution >= 0.6 is 0 Å². The summed E-state index contributed by atoms with van der Waals surface area (Å²) in [5, 5.41) is 0. The fraction of sp³-hybridized carbons (Fsp3) is 0.333. The summed E-state index contributed by atoms with van der Waals surface area (Å²) in [6.07, 6.45) is -3.32. The molecule has 2 aromatic carbocycles. The molecule has 0 radical (unpaired) electrons. The van der Waals surface area contributed by atoms with Gasteiger partial charge >= 0.3 is 6.18 Å². The van der Waals surface area contributed by atoms with Crippen LogP contribution in [0.3, 0.4) is 0 Å². The molecule has 1 aliphatic heterocycles. The van der Waals surface area contributed by atoms with Crippen molar-refractivity contribution in [1.29, 1.82) is 0 Å². The van der Waals surface area contributed by atoms with Gasteiger partial charge in [0.05, 0.1) is 19.8 Å². The summed E-state index contributed by atoms with van der Waals surface area (Å²) in [6, 6.07) is 9.82. The number of anilines is 1. The third kappa shape index (κ3) is 3.85. The maximum absolute atomic E-state index is 13.3. The third-order valence-corrected chi connectivity index (χ3v) is 5.92. The van der Waals surface area contributed by atoms with Crippen molar-refractivity contribution in [3.8, 4) is 11.5 Å². The average Bonchev–Trinajstić information content (AvgIpc) is 2.77. The molecule has 2 aromatic rings. The number of ether oxygens (including phenoxy) is 2. The summed E-state index contributed by atoms with van der Waals surface area (Å²) in [7, 11) is 3.02. The summed E-state index contributed by atoms with van der Waals surface area (Å²) in [5.74, 6) is 0.0379. The van der Waals surface area contributed by atoms with Crippen LogP contribution in [0.1, 0.15) is 42.7 Å². The number of carbonyl (C=O) groups is 2. The van der Waals surface area contributed by atoms with Crippen LogP contribution in [0, 0.1) is 0 Å². The van der Waals surface area contributed by atoms with Crippen molar-refractivity contribution >= 4 is 17.4 Å². The minimum absolute atomic E-state index is 0.0651. The number of nitrogens with zero attached hydrogens (tertiary/aromatic N) is 1. The number of allylic oxidation sites excluding steroid dienone is 2. The molecule has 168 valence electrons. The van der Waals surface area contributed by atoms with Crippen LogP contribution in [-0.4, -0.2) is 25.9 Å². The summed E-state index contributed by atoms with van der Waals surface area (Å²) in [5.41, 5.74) is 0.838. The first-order chi connectivity index (χ1) is 15.2. The minimum atomic E-state index is -4.54. The number of amides is 1. The van der Waals surface area contributed by atoms with Crippen LogP contribution in [0.2, 0.25) is 0 Å². The Hall–Kier alpha value is -3.29. The monoisotopic (exact) mass is 445 g/mol. The molecule has 5 nitrogen and oxygen atoms in total. The SMILES string of the molecule is COc1ccc(OC)c(C2CC(=O)N(c3cccc(C(F)(F)F)c3)C3=C2C(=O)CCC3)c1. The van der Waals surface area contributed by atoms with E-state index in [-0.39, 0.29) is 23.8 Å². The van der Waals surface area contributed by atoms with Gasteiger partial charge < -0.3 is 9.47 Å². The van der Waals surface area contributed by atoms with E-state index in [1.807, 2.05) is 0 Å². The molecule has 4 rings (SSSR count). The Morgan fingerprint density at radius 1 is 1.00 bits per heavy atom. The second-order valence-corrected chi connectivity index (χ2v) is 7.78. The maximum atomic E-state index is 13.3. The van der Waals surface area contributed by atoms with E-state index in [0.717, 1.165) is 12.1 Å². The van der Waals surface area contributed by atoms with Gasteiger partial charge in [0.1, 0.15) is 11.5 Å². The van der Waals surface area contributed by atoms with Gasteiger partial charge in [0.25, 0.3) is 0 Å². The Morgan fingerprint density at radius 2 is 1.78 bits per heavy atom.